The molecular formula is C21H32N14. The first-order chi connectivity index (χ1) is 16.7. The molecule has 0 aliphatic heterocycles. The number of imidazole rings is 2. The van der Waals surface area contributed by atoms with E-state index < -0.39 is 0 Å². The van der Waals surface area contributed by atoms with Gasteiger partial charge in [0.15, 0.2) is 0 Å². The van der Waals surface area contributed by atoms with E-state index in [4.69, 9.17) is 22.9 Å². The monoisotopic (exact) mass is 480 g/mol. The van der Waals surface area contributed by atoms with Crippen LogP contribution in [0.1, 0.15) is 42.3 Å². The fourth-order valence-electron chi connectivity index (χ4n) is 3.43. The molecule has 0 amide bonds. The molecule has 0 saturated carbocycles. The van der Waals surface area contributed by atoms with Gasteiger partial charge < -0.3 is 32.1 Å². The molecule has 0 aromatic carbocycles. The van der Waals surface area contributed by atoms with Gasteiger partial charge in [-0.1, -0.05) is 6.92 Å². The summed E-state index contributed by atoms with van der Waals surface area (Å²) in [5.74, 6) is 3.90. The zero-order valence-corrected chi connectivity index (χ0v) is 20.3. The summed E-state index contributed by atoms with van der Waals surface area (Å²) in [6, 6.07) is 0. The largest absolute Gasteiger partial charge is 0.368 e. The second-order valence-electron chi connectivity index (χ2n) is 7.85. The van der Waals surface area contributed by atoms with Crippen molar-refractivity contribution in [3.63, 3.8) is 0 Å². The summed E-state index contributed by atoms with van der Waals surface area (Å²) < 4.78 is 4.14. The molecule has 8 N–H and O–H groups in total. The first-order valence-corrected chi connectivity index (χ1v) is 11.3. The molecule has 0 aliphatic rings. The molecule has 186 valence electrons. The number of aryl methyl sites for hydroxylation is 7. The fraction of sp³-hybridized carbons (Fsp3) is 0.429. The Labute approximate surface area is 203 Å². The smallest absolute Gasteiger partial charge is 0.225 e. The van der Waals surface area contributed by atoms with Gasteiger partial charge in [0.05, 0.1) is 5.69 Å². The van der Waals surface area contributed by atoms with Gasteiger partial charge in [0.2, 0.25) is 23.8 Å². The molecular weight excluding hydrogens is 448 g/mol. The van der Waals surface area contributed by atoms with E-state index in [1.807, 2.05) is 30.8 Å². The fourth-order valence-corrected chi connectivity index (χ4v) is 3.43. The number of hydrogen-bond donors (Lipinski definition) is 4. The van der Waals surface area contributed by atoms with E-state index in [0.717, 1.165) is 43.3 Å². The number of aromatic nitrogens is 10. The molecule has 0 bridgehead atoms. The number of nitrogen functional groups attached to an aromatic ring is 4. The summed E-state index contributed by atoms with van der Waals surface area (Å²) in [4.78, 5) is 32.3. The predicted octanol–water partition coefficient (Wildman–Crippen LogP) is 0.520. The highest BCUT2D eigenvalue weighted by Crippen LogP contribution is 2.08. The molecule has 4 aromatic heterocycles. The Hall–Kier alpha value is -4.36. The quantitative estimate of drug-likeness (QED) is 0.271. The van der Waals surface area contributed by atoms with Crippen LogP contribution in [0.3, 0.4) is 0 Å². The average molecular weight is 481 g/mol. The topological polar surface area (TPSA) is 217 Å². The van der Waals surface area contributed by atoms with E-state index in [2.05, 4.69) is 51.4 Å². The van der Waals surface area contributed by atoms with Crippen LogP contribution >= 0.6 is 0 Å². The molecule has 0 spiro atoms. The second-order valence-corrected chi connectivity index (χ2v) is 7.85. The van der Waals surface area contributed by atoms with E-state index in [-0.39, 0.29) is 23.8 Å². The lowest BCUT2D eigenvalue weighted by molar-refractivity contribution is 0.626. The summed E-state index contributed by atoms with van der Waals surface area (Å²) in [5.41, 5.74) is 23.1. The predicted molar refractivity (Wildman–Crippen MR) is 133 cm³/mol. The normalized spacial score (nSPS) is 10.7. The van der Waals surface area contributed by atoms with Crippen LogP contribution in [0.15, 0.2) is 18.6 Å². The molecule has 14 heteroatoms. The molecule has 0 fully saturated rings. The molecule has 4 aromatic rings. The lowest BCUT2D eigenvalue weighted by Crippen LogP contribution is -2.11. The Morgan fingerprint density at radius 1 is 0.686 bits per heavy atom. The van der Waals surface area contributed by atoms with E-state index >= 15 is 0 Å². The molecule has 0 radical (unpaired) electrons. The second kappa shape index (κ2) is 11.7. The molecule has 0 saturated heterocycles. The van der Waals surface area contributed by atoms with Crippen molar-refractivity contribution in [2.45, 2.75) is 59.5 Å². The Morgan fingerprint density at radius 3 is 1.66 bits per heavy atom. The highest BCUT2D eigenvalue weighted by Gasteiger charge is 2.07. The standard InChI is InChI=1S/C12H19N7.C9H13N7/c1-3-4-10-15-8(2)7-19(10)6-5-9-16-11(13)18-12(14)17-9;1-6-12-3-5-16(6)4-2-7-13-8(10)15-9(11)14-7/h7H,3-6H2,1-2H3,(H4,13,14,16,17,18);3,5H,2,4H2,1H3,(H4,10,11,13,14,15). The minimum Gasteiger partial charge on any atom is -0.368 e. The zero-order chi connectivity index (χ0) is 25.4. The van der Waals surface area contributed by atoms with Crippen molar-refractivity contribution < 1.29 is 0 Å². The number of nitrogens with zero attached hydrogens (tertiary/aromatic N) is 10. The number of rotatable bonds is 8. The van der Waals surface area contributed by atoms with E-state index in [1.165, 1.54) is 0 Å². The molecule has 14 nitrogen and oxygen atoms in total. The van der Waals surface area contributed by atoms with Crippen molar-refractivity contribution in [2.75, 3.05) is 22.9 Å². The van der Waals surface area contributed by atoms with Crippen molar-refractivity contribution in [1.82, 2.24) is 49.0 Å². The number of hydrogen-bond acceptors (Lipinski definition) is 12. The van der Waals surface area contributed by atoms with Crippen molar-refractivity contribution in [1.29, 1.82) is 0 Å². The van der Waals surface area contributed by atoms with Gasteiger partial charge in [0.1, 0.15) is 23.3 Å². The van der Waals surface area contributed by atoms with Crippen LogP contribution in [0.25, 0.3) is 0 Å². The van der Waals surface area contributed by atoms with Gasteiger partial charge in [-0.25, -0.2) is 9.97 Å². The van der Waals surface area contributed by atoms with Gasteiger partial charge in [-0.15, -0.1) is 0 Å². The third kappa shape index (κ3) is 7.58. The SMILES string of the molecule is CCCc1nc(C)cn1CCc1nc(N)nc(N)n1.Cc1nccn1CCc1nc(N)nc(N)n1. The Kier molecular flexibility index (Phi) is 8.43. The van der Waals surface area contributed by atoms with Crippen LogP contribution in [0.5, 0.6) is 0 Å². The lowest BCUT2D eigenvalue weighted by Gasteiger charge is -2.06. The maximum Gasteiger partial charge on any atom is 0.225 e. The van der Waals surface area contributed by atoms with Gasteiger partial charge in [-0.2, -0.15) is 29.9 Å². The van der Waals surface area contributed by atoms with Crippen LogP contribution < -0.4 is 22.9 Å². The van der Waals surface area contributed by atoms with Gasteiger partial charge in [0.25, 0.3) is 0 Å². The number of anilines is 4. The molecule has 35 heavy (non-hydrogen) atoms. The van der Waals surface area contributed by atoms with Gasteiger partial charge in [0, 0.05) is 50.9 Å². The first kappa shape index (κ1) is 25.3. The Bertz CT molecular complexity index is 1200. The highest BCUT2D eigenvalue weighted by atomic mass is 15.2. The van der Waals surface area contributed by atoms with Crippen molar-refractivity contribution >= 4 is 23.8 Å². The lowest BCUT2D eigenvalue weighted by atomic mass is 10.3. The van der Waals surface area contributed by atoms with E-state index in [9.17, 15) is 0 Å². The molecule has 4 rings (SSSR count). The first-order valence-electron chi connectivity index (χ1n) is 11.3. The summed E-state index contributed by atoms with van der Waals surface area (Å²) in [5, 5.41) is 0. The van der Waals surface area contributed by atoms with Gasteiger partial charge >= 0.3 is 0 Å². The summed E-state index contributed by atoms with van der Waals surface area (Å²) in [6.45, 7) is 7.58. The summed E-state index contributed by atoms with van der Waals surface area (Å²) in [7, 11) is 0. The van der Waals surface area contributed by atoms with Crippen LogP contribution in [0.2, 0.25) is 0 Å². The van der Waals surface area contributed by atoms with Gasteiger partial charge in [-0.3, -0.25) is 0 Å². The summed E-state index contributed by atoms with van der Waals surface area (Å²) >= 11 is 0. The maximum atomic E-state index is 5.55. The molecule has 0 unspecified atom stereocenters. The Morgan fingerprint density at radius 2 is 1.20 bits per heavy atom. The van der Waals surface area contributed by atoms with Crippen molar-refractivity contribution in [3.8, 4) is 0 Å². The highest BCUT2D eigenvalue weighted by molar-refractivity contribution is 5.26. The molecule has 0 atom stereocenters. The Balaban J connectivity index is 0.000000198. The molecule has 0 aliphatic carbocycles. The number of nitrogens with two attached hydrogens (primary N) is 4. The van der Waals surface area contributed by atoms with E-state index in [0.29, 0.717) is 24.5 Å². The summed E-state index contributed by atoms with van der Waals surface area (Å²) in [6.07, 6.45) is 9.04. The van der Waals surface area contributed by atoms with Crippen molar-refractivity contribution in [2.24, 2.45) is 0 Å². The third-order valence-electron chi connectivity index (χ3n) is 4.96. The van der Waals surface area contributed by atoms with Gasteiger partial charge in [-0.05, 0) is 20.3 Å². The van der Waals surface area contributed by atoms with Crippen LogP contribution in [-0.4, -0.2) is 49.0 Å². The average Bonchev–Trinajstić information content (AvgIpc) is 3.34. The van der Waals surface area contributed by atoms with Crippen LogP contribution in [0, 0.1) is 13.8 Å². The van der Waals surface area contributed by atoms with Crippen molar-refractivity contribution in [3.05, 3.63) is 47.6 Å². The maximum absolute atomic E-state index is 5.55. The van der Waals surface area contributed by atoms with Crippen LogP contribution in [0.4, 0.5) is 23.8 Å². The van der Waals surface area contributed by atoms with Crippen LogP contribution in [-0.2, 0) is 32.4 Å². The zero-order valence-electron chi connectivity index (χ0n) is 20.3. The minimum atomic E-state index is 0.157. The minimum absolute atomic E-state index is 0.157. The van der Waals surface area contributed by atoms with E-state index in [1.54, 1.807) is 6.20 Å². The molecule has 4 heterocycles. The third-order valence-corrected chi connectivity index (χ3v) is 4.96.